The standard InChI is InChI=1S/C29H41N5O3/c1-4-20-9-11-21(12-10-20)18-33-29(37)34-25-17-22(26(35)30-23-7-5-6-8-23)13-14-24(25)27(36)32(28(34)31-33)16-15-19(2)3/h4,9-12,19,22-25,28,31H,1,5-8,13-18H2,2-3H3,(H,30,35). The van der Waals surface area contributed by atoms with E-state index in [1.165, 1.54) is 12.8 Å². The molecule has 2 N–H and O–H groups in total. The highest BCUT2D eigenvalue weighted by molar-refractivity contribution is 5.87. The molecule has 2 saturated heterocycles. The SMILES string of the molecule is C=Cc1ccc(CN2NC3N(CCC(C)C)C(=O)C4CCC(C(=O)NC5CCCC5)CC4N3C2=O)cc1. The molecule has 2 heterocycles. The average molecular weight is 508 g/mol. The van der Waals surface area contributed by atoms with Crippen molar-refractivity contribution in [2.24, 2.45) is 17.8 Å². The van der Waals surface area contributed by atoms with Crippen LogP contribution in [0.3, 0.4) is 0 Å². The van der Waals surface area contributed by atoms with Crippen molar-refractivity contribution in [2.75, 3.05) is 6.54 Å². The summed E-state index contributed by atoms with van der Waals surface area (Å²) in [6, 6.07) is 7.85. The van der Waals surface area contributed by atoms with Gasteiger partial charge in [-0.15, -0.1) is 0 Å². The van der Waals surface area contributed by atoms with Gasteiger partial charge in [-0.25, -0.2) is 4.79 Å². The highest BCUT2D eigenvalue weighted by Crippen LogP contribution is 2.41. The predicted octanol–water partition coefficient (Wildman–Crippen LogP) is 4.09. The Kier molecular flexibility index (Phi) is 7.56. The van der Waals surface area contributed by atoms with Gasteiger partial charge in [0.05, 0.1) is 12.5 Å². The van der Waals surface area contributed by atoms with Crippen molar-refractivity contribution in [2.45, 2.75) is 90.1 Å². The molecule has 2 aliphatic carbocycles. The lowest BCUT2D eigenvalue weighted by atomic mass is 9.75. The maximum atomic E-state index is 13.8. The fourth-order valence-corrected chi connectivity index (χ4v) is 6.43. The first-order valence-corrected chi connectivity index (χ1v) is 14.0. The fraction of sp³-hybridized carbons (Fsp3) is 0.621. The second-order valence-corrected chi connectivity index (χ2v) is 11.6. The number of hydrazine groups is 1. The lowest BCUT2D eigenvalue weighted by molar-refractivity contribution is -0.159. The summed E-state index contributed by atoms with van der Waals surface area (Å²) in [4.78, 5) is 44.4. The van der Waals surface area contributed by atoms with Crippen molar-refractivity contribution < 1.29 is 14.4 Å². The van der Waals surface area contributed by atoms with E-state index in [1.54, 1.807) is 11.1 Å². The molecule has 0 radical (unpaired) electrons. The molecule has 1 aromatic rings. The van der Waals surface area contributed by atoms with Gasteiger partial charge in [0.1, 0.15) is 0 Å². The lowest BCUT2D eigenvalue weighted by Gasteiger charge is -2.50. The minimum atomic E-state index is -0.510. The Hall–Kier alpha value is -2.87. The summed E-state index contributed by atoms with van der Waals surface area (Å²) >= 11 is 0. The number of nitrogens with one attached hydrogen (secondary N) is 2. The van der Waals surface area contributed by atoms with Crippen LogP contribution in [0, 0.1) is 17.8 Å². The number of amides is 4. The third-order valence-corrected chi connectivity index (χ3v) is 8.63. The van der Waals surface area contributed by atoms with Crippen LogP contribution in [0.1, 0.15) is 76.3 Å². The molecule has 4 amide bonds. The van der Waals surface area contributed by atoms with Gasteiger partial charge in [-0.3, -0.25) is 19.5 Å². The van der Waals surface area contributed by atoms with Gasteiger partial charge in [0.15, 0.2) is 6.29 Å². The first kappa shape index (κ1) is 25.8. The number of rotatable bonds is 8. The third-order valence-electron chi connectivity index (χ3n) is 8.63. The summed E-state index contributed by atoms with van der Waals surface area (Å²) in [5, 5.41) is 4.88. The number of hydrogen-bond acceptors (Lipinski definition) is 4. The van der Waals surface area contributed by atoms with Crippen LogP contribution < -0.4 is 10.7 Å². The number of hydrogen-bond donors (Lipinski definition) is 2. The Morgan fingerprint density at radius 1 is 1.14 bits per heavy atom. The quantitative estimate of drug-likeness (QED) is 0.555. The van der Waals surface area contributed by atoms with Crippen molar-refractivity contribution >= 4 is 23.9 Å². The molecule has 2 saturated carbocycles. The van der Waals surface area contributed by atoms with Crippen molar-refractivity contribution in [1.29, 1.82) is 0 Å². The van der Waals surface area contributed by atoms with Crippen LogP contribution in [-0.4, -0.2) is 57.6 Å². The zero-order chi connectivity index (χ0) is 26.1. The number of carbonyl (C=O) groups is 3. The number of carbonyl (C=O) groups excluding carboxylic acids is 3. The minimum absolute atomic E-state index is 0.0929. The Morgan fingerprint density at radius 3 is 2.54 bits per heavy atom. The van der Waals surface area contributed by atoms with Crippen LogP contribution in [0.15, 0.2) is 30.8 Å². The molecule has 4 aliphatic rings. The van der Waals surface area contributed by atoms with Gasteiger partial charge >= 0.3 is 6.03 Å². The van der Waals surface area contributed by atoms with Crippen LogP contribution in [0.2, 0.25) is 0 Å². The van der Waals surface area contributed by atoms with E-state index in [2.05, 4.69) is 31.2 Å². The summed E-state index contributed by atoms with van der Waals surface area (Å²) in [5.41, 5.74) is 5.38. The Morgan fingerprint density at radius 2 is 1.86 bits per heavy atom. The molecule has 2 aliphatic heterocycles. The van der Waals surface area contributed by atoms with Gasteiger partial charge in [-0.1, -0.05) is 63.6 Å². The molecule has 4 fully saturated rings. The lowest BCUT2D eigenvalue weighted by Crippen LogP contribution is -2.67. The molecular formula is C29H41N5O3. The van der Waals surface area contributed by atoms with Gasteiger partial charge in [-0.05, 0) is 55.6 Å². The largest absolute Gasteiger partial charge is 0.353 e. The molecule has 8 heteroatoms. The summed E-state index contributed by atoms with van der Waals surface area (Å²) < 4.78 is 0. The number of benzene rings is 1. The van der Waals surface area contributed by atoms with Gasteiger partial charge in [0.2, 0.25) is 11.8 Å². The van der Waals surface area contributed by atoms with E-state index in [4.69, 9.17) is 0 Å². The Labute approximate surface area is 220 Å². The molecule has 4 unspecified atom stereocenters. The zero-order valence-electron chi connectivity index (χ0n) is 22.2. The summed E-state index contributed by atoms with van der Waals surface area (Å²) in [7, 11) is 0. The molecule has 0 aromatic heterocycles. The van der Waals surface area contributed by atoms with E-state index in [-0.39, 0.29) is 41.8 Å². The highest BCUT2D eigenvalue weighted by atomic mass is 16.2. The van der Waals surface area contributed by atoms with Crippen molar-refractivity contribution in [3.05, 3.63) is 42.0 Å². The summed E-state index contributed by atoms with van der Waals surface area (Å²) in [6.07, 6.45) is 8.48. The van der Waals surface area contributed by atoms with E-state index in [1.807, 2.05) is 34.1 Å². The third kappa shape index (κ3) is 5.26. The normalized spacial score (nSPS) is 28.0. The smallest absolute Gasteiger partial charge is 0.337 e. The van der Waals surface area contributed by atoms with Gasteiger partial charge in [-0.2, -0.15) is 5.43 Å². The Balaban J connectivity index is 1.36. The number of urea groups is 1. The van der Waals surface area contributed by atoms with E-state index in [0.29, 0.717) is 38.3 Å². The second kappa shape index (κ2) is 10.9. The molecule has 4 atom stereocenters. The van der Waals surface area contributed by atoms with Crippen molar-refractivity contribution in [3.63, 3.8) is 0 Å². The van der Waals surface area contributed by atoms with E-state index < -0.39 is 6.29 Å². The molecule has 5 rings (SSSR count). The fourth-order valence-electron chi connectivity index (χ4n) is 6.43. The van der Waals surface area contributed by atoms with Crippen LogP contribution >= 0.6 is 0 Å². The van der Waals surface area contributed by atoms with Gasteiger partial charge in [0, 0.05) is 24.5 Å². The van der Waals surface area contributed by atoms with Crippen LogP contribution in [0.4, 0.5) is 4.79 Å². The Bertz CT molecular complexity index is 1020. The predicted molar refractivity (Wildman–Crippen MR) is 142 cm³/mol. The first-order valence-electron chi connectivity index (χ1n) is 14.0. The maximum absolute atomic E-state index is 13.8. The topological polar surface area (TPSA) is 85.0 Å². The van der Waals surface area contributed by atoms with Gasteiger partial charge in [0.25, 0.3) is 0 Å². The van der Waals surface area contributed by atoms with Crippen molar-refractivity contribution in [1.82, 2.24) is 25.6 Å². The molecule has 1 aromatic carbocycles. The number of nitrogens with zero attached hydrogens (tertiary/aromatic N) is 3. The average Bonchev–Trinajstić information content (AvgIpc) is 3.52. The molecule has 8 nitrogen and oxygen atoms in total. The van der Waals surface area contributed by atoms with E-state index in [9.17, 15) is 14.4 Å². The van der Waals surface area contributed by atoms with E-state index >= 15 is 0 Å². The zero-order valence-corrected chi connectivity index (χ0v) is 22.2. The molecule has 0 spiro atoms. The van der Waals surface area contributed by atoms with Crippen LogP contribution in [0.5, 0.6) is 0 Å². The second-order valence-electron chi connectivity index (χ2n) is 11.6. The van der Waals surface area contributed by atoms with Crippen LogP contribution in [-0.2, 0) is 16.1 Å². The minimum Gasteiger partial charge on any atom is -0.353 e. The van der Waals surface area contributed by atoms with Crippen molar-refractivity contribution in [3.8, 4) is 0 Å². The summed E-state index contributed by atoms with van der Waals surface area (Å²) in [5.74, 6) is 0.238. The molecular weight excluding hydrogens is 466 g/mol. The van der Waals surface area contributed by atoms with E-state index in [0.717, 1.165) is 30.4 Å². The first-order chi connectivity index (χ1) is 17.9. The summed E-state index contributed by atoms with van der Waals surface area (Å²) in [6.45, 7) is 9.11. The molecule has 37 heavy (non-hydrogen) atoms. The number of fused-ring (bicyclic) bond motifs is 3. The maximum Gasteiger partial charge on any atom is 0.337 e. The monoisotopic (exact) mass is 507 g/mol. The molecule has 0 bridgehead atoms. The van der Waals surface area contributed by atoms with Crippen LogP contribution in [0.25, 0.3) is 6.08 Å². The molecule has 200 valence electrons. The van der Waals surface area contributed by atoms with Gasteiger partial charge < -0.3 is 10.2 Å². The highest BCUT2D eigenvalue weighted by Gasteiger charge is 2.55.